The summed E-state index contributed by atoms with van der Waals surface area (Å²) in [6.07, 6.45) is 2.66. The lowest BCUT2D eigenvalue weighted by Crippen LogP contribution is -2.16. The molecule has 0 radical (unpaired) electrons. The molecule has 0 unspecified atom stereocenters. The van der Waals surface area contributed by atoms with Crippen molar-refractivity contribution in [2.24, 2.45) is 0 Å². The van der Waals surface area contributed by atoms with Gasteiger partial charge < -0.3 is 20.3 Å². The zero-order chi connectivity index (χ0) is 16.5. The Balaban J connectivity index is 1.89. The van der Waals surface area contributed by atoms with Gasteiger partial charge in [-0.15, -0.1) is 5.10 Å². The minimum atomic E-state index is 0.465. The molecule has 2 N–H and O–H groups in total. The van der Waals surface area contributed by atoms with Gasteiger partial charge in [0, 0.05) is 12.2 Å². The second-order valence-corrected chi connectivity index (χ2v) is 5.33. The fourth-order valence-corrected chi connectivity index (χ4v) is 1.98. The zero-order valence-corrected chi connectivity index (χ0v) is 13.9. The van der Waals surface area contributed by atoms with Crippen LogP contribution in [0.4, 0.5) is 17.5 Å². The summed E-state index contributed by atoms with van der Waals surface area (Å²) < 4.78 is 5.42. The molecule has 1 aromatic carbocycles. The summed E-state index contributed by atoms with van der Waals surface area (Å²) in [5.41, 5.74) is 0.889. The SMILES string of the molecule is CCOc1ccc(Nc2nncc(NCCCN(C)C)n2)cc1. The molecule has 0 saturated heterocycles. The van der Waals surface area contributed by atoms with E-state index in [4.69, 9.17) is 4.74 Å². The molecule has 7 nitrogen and oxygen atoms in total. The molecule has 0 bridgehead atoms. The van der Waals surface area contributed by atoms with Gasteiger partial charge in [0.1, 0.15) is 5.75 Å². The fourth-order valence-electron chi connectivity index (χ4n) is 1.98. The molecule has 0 aliphatic carbocycles. The number of benzene rings is 1. The number of hydrogen-bond donors (Lipinski definition) is 2. The first kappa shape index (κ1) is 17.0. The van der Waals surface area contributed by atoms with Crippen molar-refractivity contribution < 1.29 is 4.74 Å². The van der Waals surface area contributed by atoms with Crippen LogP contribution in [0.2, 0.25) is 0 Å². The lowest BCUT2D eigenvalue weighted by atomic mass is 10.3. The first-order chi connectivity index (χ1) is 11.2. The van der Waals surface area contributed by atoms with Crippen LogP contribution < -0.4 is 15.4 Å². The number of ether oxygens (including phenoxy) is 1. The van der Waals surface area contributed by atoms with Gasteiger partial charge >= 0.3 is 0 Å². The smallest absolute Gasteiger partial charge is 0.249 e. The lowest BCUT2D eigenvalue weighted by Gasteiger charge is -2.10. The van der Waals surface area contributed by atoms with Crippen LogP contribution in [-0.2, 0) is 0 Å². The van der Waals surface area contributed by atoms with Crippen LogP contribution in [0.1, 0.15) is 13.3 Å². The molecule has 0 spiro atoms. The largest absolute Gasteiger partial charge is 0.494 e. The van der Waals surface area contributed by atoms with Gasteiger partial charge in [0.25, 0.3) is 0 Å². The van der Waals surface area contributed by atoms with Crippen molar-refractivity contribution in [1.29, 1.82) is 0 Å². The molecule has 7 heteroatoms. The summed E-state index contributed by atoms with van der Waals surface area (Å²) in [6.45, 7) is 4.49. The van der Waals surface area contributed by atoms with E-state index in [9.17, 15) is 0 Å². The molecular weight excluding hydrogens is 292 g/mol. The number of nitrogens with zero attached hydrogens (tertiary/aromatic N) is 4. The second kappa shape index (κ2) is 8.89. The summed E-state index contributed by atoms with van der Waals surface area (Å²) >= 11 is 0. The monoisotopic (exact) mass is 316 g/mol. The Morgan fingerprint density at radius 2 is 1.96 bits per heavy atom. The predicted molar refractivity (Wildman–Crippen MR) is 92.4 cm³/mol. The summed E-state index contributed by atoms with van der Waals surface area (Å²) in [5.74, 6) is 2.02. The average Bonchev–Trinajstić information content (AvgIpc) is 2.54. The Kier molecular flexibility index (Phi) is 6.56. The molecule has 0 fully saturated rings. The van der Waals surface area contributed by atoms with Gasteiger partial charge in [-0.1, -0.05) is 0 Å². The minimum Gasteiger partial charge on any atom is -0.494 e. The average molecular weight is 316 g/mol. The number of rotatable bonds is 9. The summed E-state index contributed by atoms with van der Waals surface area (Å²) in [7, 11) is 4.12. The Bertz CT molecular complexity index is 587. The highest BCUT2D eigenvalue weighted by Gasteiger charge is 2.02. The number of anilines is 3. The summed E-state index contributed by atoms with van der Waals surface area (Å²) in [5, 5.41) is 14.4. The van der Waals surface area contributed by atoms with E-state index < -0.39 is 0 Å². The lowest BCUT2D eigenvalue weighted by molar-refractivity contribution is 0.340. The zero-order valence-electron chi connectivity index (χ0n) is 13.9. The molecule has 2 rings (SSSR count). The van der Waals surface area contributed by atoms with Crippen molar-refractivity contribution in [3.63, 3.8) is 0 Å². The standard InChI is InChI=1S/C16H24N6O/c1-4-23-14-8-6-13(7-9-14)19-16-20-15(12-18-21-16)17-10-5-11-22(2)3/h6-9,12H,4-5,10-11H2,1-3H3,(H2,17,19,20,21). The van der Waals surface area contributed by atoms with Crippen molar-refractivity contribution in [2.75, 3.05) is 44.4 Å². The molecule has 2 aromatic rings. The molecule has 0 amide bonds. The minimum absolute atomic E-state index is 0.465. The van der Waals surface area contributed by atoms with Gasteiger partial charge in [0.15, 0.2) is 5.82 Å². The van der Waals surface area contributed by atoms with Crippen molar-refractivity contribution in [1.82, 2.24) is 20.1 Å². The highest BCUT2D eigenvalue weighted by atomic mass is 16.5. The maximum atomic E-state index is 5.42. The Morgan fingerprint density at radius 3 is 2.65 bits per heavy atom. The third-order valence-corrected chi connectivity index (χ3v) is 3.07. The van der Waals surface area contributed by atoms with Crippen LogP contribution in [0.25, 0.3) is 0 Å². The van der Waals surface area contributed by atoms with Crippen LogP contribution in [0.3, 0.4) is 0 Å². The second-order valence-electron chi connectivity index (χ2n) is 5.33. The molecule has 0 aliphatic heterocycles. The van der Waals surface area contributed by atoms with E-state index in [-0.39, 0.29) is 0 Å². The third-order valence-electron chi connectivity index (χ3n) is 3.07. The van der Waals surface area contributed by atoms with Gasteiger partial charge in [-0.05, 0) is 58.3 Å². The van der Waals surface area contributed by atoms with Crippen LogP contribution >= 0.6 is 0 Å². The Hall–Kier alpha value is -2.41. The summed E-state index contributed by atoms with van der Waals surface area (Å²) in [6, 6.07) is 7.66. The van der Waals surface area contributed by atoms with Gasteiger partial charge in [0.2, 0.25) is 5.95 Å². The molecule has 23 heavy (non-hydrogen) atoms. The van der Waals surface area contributed by atoms with E-state index in [0.29, 0.717) is 18.4 Å². The van der Waals surface area contributed by atoms with Gasteiger partial charge in [0.05, 0.1) is 12.8 Å². The predicted octanol–water partition coefficient (Wildman–Crippen LogP) is 2.38. The van der Waals surface area contributed by atoms with Crippen LogP contribution in [-0.4, -0.2) is 53.9 Å². The van der Waals surface area contributed by atoms with Gasteiger partial charge in [-0.3, -0.25) is 0 Å². The third kappa shape index (κ3) is 6.07. The van der Waals surface area contributed by atoms with Crippen molar-refractivity contribution >= 4 is 17.5 Å². The molecule has 0 aliphatic rings. The van der Waals surface area contributed by atoms with E-state index in [1.54, 1.807) is 6.20 Å². The maximum absolute atomic E-state index is 5.42. The molecule has 0 atom stereocenters. The Morgan fingerprint density at radius 1 is 1.17 bits per heavy atom. The first-order valence-electron chi connectivity index (χ1n) is 7.75. The van der Waals surface area contributed by atoms with Crippen molar-refractivity contribution in [2.45, 2.75) is 13.3 Å². The molecule has 0 saturated carbocycles. The highest BCUT2D eigenvalue weighted by molar-refractivity contribution is 5.55. The molecule has 124 valence electrons. The van der Waals surface area contributed by atoms with E-state index in [1.165, 1.54) is 0 Å². The molecule has 1 aromatic heterocycles. The quantitative estimate of drug-likeness (QED) is 0.688. The molecular formula is C16H24N6O. The van der Waals surface area contributed by atoms with E-state index >= 15 is 0 Å². The van der Waals surface area contributed by atoms with Crippen LogP contribution in [0.5, 0.6) is 5.75 Å². The van der Waals surface area contributed by atoms with Crippen molar-refractivity contribution in [3.05, 3.63) is 30.5 Å². The number of hydrogen-bond acceptors (Lipinski definition) is 7. The highest BCUT2D eigenvalue weighted by Crippen LogP contribution is 2.18. The maximum Gasteiger partial charge on any atom is 0.249 e. The van der Waals surface area contributed by atoms with Crippen LogP contribution in [0, 0.1) is 0 Å². The number of aromatic nitrogens is 3. The topological polar surface area (TPSA) is 75.2 Å². The van der Waals surface area contributed by atoms with Crippen molar-refractivity contribution in [3.8, 4) is 5.75 Å². The Labute approximate surface area is 137 Å². The van der Waals surface area contributed by atoms with E-state index in [1.807, 2.05) is 31.2 Å². The first-order valence-corrected chi connectivity index (χ1v) is 7.75. The van der Waals surface area contributed by atoms with Gasteiger partial charge in [-0.2, -0.15) is 10.1 Å². The summed E-state index contributed by atoms with van der Waals surface area (Å²) in [4.78, 5) is 6.55. The van der Waals surface area contributed by atoms with E-state index in [0.717, 1.165) is 30.9 Å². The van der Waals surface area contributed by atoms with Gasteiger partial charge in [-0.25, -0.2) is 0 Å². The molecule has 1 heterocycles. The van der Waals surface area contributed by atoms with E-state index in [2.05, 4.69) is 44.8 Å². The fraction of sp³-hybridized carbons (Fsp3) is 0.438. The van der Waals surface area contributed by atoms with Crippen LogP contribution in [0.15, 0.2) is 30.5 Å². The number of nitrogens with one attached hydrogen (secondary N) is 2. The normalized spacial score (nSPS) is 10.6.